The number of hydrogen-bond donors (Lipinski definition) is 1. The second-order valence-corrected chi connectivity index (χ2v) is 10.2. The first-order chi connectivity index (χ1) is 20.8. The SMILES string of the molecule is CCC(OC(=O)c1ccc2nc(-c3ccc(OC)cc3)c(-c3ccc(OC)cc3)nc2c1)C(=O)Nc1ccc(C)c(Cl)c1. The molecule has 0 aliphatic carbocycles. The number of carbonyl (C=O) groups excluding carboxylic acids is 2. The van der Waals surface area contributed by atoms with Gasteiger partial charge in [0.25, 0.3) is 5.91 Å². The van der Waals surface area contributed by atoms with E-state index in [1.54, 1.807) is 57.5 Å². The summed E-state index contributed by atoms with van der Waals surface area (Å²) in [5.41, 5.74) is 5.76. The molecule has 1 aromatic heterocycles. The number of methoxy groups -OCH3 is 2. The van der Waals surface area contributed by atoms with Crippen LogP contribution in [0.5, 0.6) is 11.5 Å². The van der Waals surface area contributed by atoms with Gasteiger partial charge in [-0.15, -0.1) is 0 Å². The predicted octanol–water partition coefficient (Wildman–Crippen LogP) is 7.52. The lowest BCUT2D eigenvalue weighted by atomic mass is 10.0. The van der Waals surface area contributed by atoms with E-state index in [0.29, 0.717) is 38.9 Å². The van der Waals surface area contributed by atoms with Gasteiger partial charge >= 0.3 is 5.97 Å². The molecule has 8 nitrogen and oxygen atoms in total. The minimum Gasteiger partial charge on any atom is -0.497 e. The number of carbonyl (C=O) groups is 2. The molecule has 1 unspecified atom stereocenters. The summed E-state index contributed by atoms with van der Waals surface area (Å²) in [4.78, 5) is 36.0. The Labute approximate surface area is 254 Å². The van der Waals surface area contributed by atoms with Crippen molar-refractivity contribution in [3.8, 4) is 34.0 Å². The highest BCUT2D eigenvalue weighted by molar-refractivity contribution is 6.31. The van der Waals surface area contributed by atoms with Crippen molar-refractivity contribution in [1.29, 1.82) is 0 Å². The van der Waals surface area contributed by atoms with E-state index in [0.717, 1.165) is 22.4 Å². The van der Waals surface area contributed by atoms with E-state index in [4.69, 9.17) is 35.8 Å². The van der Waals surface area contributed by atoms with Gasteiger partial charge in [0.05, 0.1) is 42.2 Å². The van der Waals surface area contributed by atoms with Crippen LogP contribution in [0.25, 0.3) is 33.5 Å². The fourth-order valence-corrected chi connectivity index (χ4v) is 4.68. The molecular weight excluding hydrogens is 566 g/mol. The van der Waals surface area contributed by atoms with Gasteiger partial charge in [-0.3, -0.25) is 4.79 Å². The second-order valence-electron chi connectivity index (χ2n) is 9.84. The van der Waals surface area contributed by atoms with Crippen molar-refractivity contribution in [2.24, 2.45) is 0 Å². The van der Waals surface area contributed by atoms with Crippen molar-refractivity contribution < 1.29 is 23.8 Å². The van der Waals surface area contributed by atoms with Crippen LogP contribution in [0.15, 0.2) is 84.9 Å². The molecule has 218 valence electrons. The molecule has 0 fully saturated rings. The molecule has 0 radical (unpaired) electrons. The normalized spacial score (nSPS) is 11.6. The van der Waals surface area contributed by atoms with Gasteiger partial charge in [0.2, 0.25) is 0 Å². The number of nitrogens with one attached hydrogen (secondary N) is 1. The Hall–Kier alpha value is -4.95. The Morgan fingerprint density at radius 3 is 1.91 bits per heavy atom. The van der Waals surface area contributed by atoms with Gasteiger partial charge in [-0.1, -0.05) is 24.6 Å². The van der Waals surface area contributed by atoms with Crippen molar-refractivity contribution >= 4 is 40.2 Å². The molecule has 1 N–H and O–H groups in total. The van der Waals surface area contributed by atoms with E-state index in [2.05, 4.69) is 5.32 Å². The van der Waals surface area contributed by atoms with Gasteiger partial charge in [0, 0.05) is 21.8 Å². The monoisotopic (exact) mass is 595 g/mol. The first-order valence-electron chi connectivity index (χ1n) is 13.7. The van der Waals surface area contributed by atoms with E-state index >= 15 is 0 Å². The molecule has 0 aliphatic heterocycles. The van der Waals surface area contributed by atoms with Crippen LogP contribution in [-0.4, -0.2) is 42.2 Å². The first-order valence-corrected chi connectivity index (χ1v) is 14.1. The third-order valence-electron chi connectivity index (χ3n) is 6.98. The van der Waals surface area contributed by atoms with Crippen LogP contribution in [0.1, 0.15) is 29.3 Å². The number of benzene rings is 4. The number of hydrogen-bond acceptors (Lipinski definition) is 7. The highest BCUT2D eigenvalue weighted by Crippen LogP contribution is 2.33. The number of rotatable bonds is 9. The van der Waals surface area contributed by atoms with Crippen molar-refractivity contribution in [3.05, 3.63) is 101 Å². The lowest BCUT2D eigenvalue weighted by Gasteiger charge is -2.17. The standard InChI is InChI=1S/C34H30ClN3O5/c1-5-30(33(39)36-24-12-6-20(2)27(35)19-24)43-34(40)23-11-17-28-29(18-23)38-32(22-9-15-26(42-4)16-10-22)31(37-28)21-7-13-25(41-3)14-8-21/h6-19,30H,5H2,1-4H3,(H,36,39). The zero-order valence-corrected chi connectivity index (χ0v) is 24.9. The molecule has 0 bridgehead atoms. The first kappa shape index (κ1) is 29.5. The number of amides is 1. The molecule has 9 heteroatoms. The Morgan fingerprint density at radius 2 is 1.37 bits per heavy atom. The molecule has 0 saturated heterocycles. The van der Waals surface area contributed by atoms with Gasteiger partial charge in [-0.2, -0.15) is 0 Å². The summed E-state index contributed by atoms with van der Waals surface area (Å²) >= 11 is 6.19. The number of aryl methyl sites for hydroxylation is 1. The third kappa shape index (κ3) is 6.60. The zero-order chi connectivity index (χ0) is 30.5. The number of nitrogens with zero attached hydrogens (tertiary/aromatic N) is 2. The Morgan fingerprint density at radius 1 is 0.791 bits per heavy atom. The number of anilines is 1. The number of esters is 1. The highest BCUT2D eigenvalue weighted by atomic mass is 35.5. The lowest BCUT2D eigenvalue weighted by Crippen LogP contribution is -2.32. The molecule has 1 atom stereocenters. The molecular formula is C34H30ClN3O5. The fraction of sp³-hybridized carbons (Fsp3) is 0.176. The third-order valence-corrected chi connectivity index (χ3v) is 7.39. The van der Waals surface area contributed by atoms with Crippen LogP contribution in [0.3, 0.4) is 0 Å². The van der Waals surface area contributed by atoms with Crippen LogP contribution in [0.4, 0.5) is 5.69 Å². The average molecular weight is 596 g/mol. The summed E-state index contributed by atoms with van der Waals surface area (Å²) in [5.74, 6) is 0.363. The summed E-state index contributed by atoms with van der Waals surface area (Å²) in [6.45, 7) is 3.64. The maximum atomic E-state index is 13.2. The van der Waals surface area contributed by atoms with Crippen LogP contribution >= 0.6 is 11.6 Å². The molecule has 5 aromatic rings. The van der Waals surface area contributed by atoms with E-state index in [1.165, 1.54) is 0 Å². The molecule has 5 rings (SSSR count). The van der Waals surface area contributed by atoms with Crippen molar-refractivity contribution in [3.63, 3.8) is 0 Å². The van der Waals surface area contributed by atoms with E-state index < -0.39 is 18.0 Å². The number of ether oxygens (including phenoxy) is 3. The summed E-state index contributed by atoms with van der Waals surface area (Å²) in [6, 6.07) is 25.3. The maximum Gasteiger partial charge on any atom is 0.338 e. The van der Waals surface area contributed by atoms with Crippen molar-refractivity contribution in [2.75, 3.05) is 19.5 Å². The average Bonchev–Trinajstić information content (AvgIpc) is 3.04. The topological polar surface area (TPSA) is 99.6 Å². The Bertz CT molecular complexity index is 1790. The number of fused-ring (bicyclic) bond motifs is 1. The summed E-state index contributed by atoms with van der Waals surface area (Å²) in [6.07, 6.45) is -0.709. The van der Waals surface area contributed by atoms with Crippen molar-refractivity contribution in [1.82, 2.24) is 9.97 Å². The van der Waals surface area contributed by atoms with Gasteiger partial charge in [0.15, 0.2) is 6.10 Å². The summed E-state index contributed by atoms with van der Waals surface area (Å²) in [7, 11) is 3.23. The molecule has 0 saturated carbocycles. The molecule has 1 amide bonds. The van der Waals surface area contributed by atoms with E-state index in [-0.39, 0.29) is 12.0 Å². The zero-order valence-electron chi connectivity index (χ0n) is 24.2. The largest absolute Gasteiger partial charge is 0.497 e. The van der Waals surface area contributed by atoms with E-state index in [1.807, 2.05) is 55.5 Å². The quantitative estimate of drug-likeness (QED) is 0.176. The van der Waals surface area contributed by atoms with Gasteiger partial charge in [0.1, 0.15) is 11.5 Å². The second kappa shape index (κ2) is 12.9. The minimum atomic E-state index is -0.998. The minimum absolute atomic E-state index is 0.254. The van der Waals surface area contributed by atoms with Crippen LogP contribution in [-0.2, 0) is 9.53 Å². The Balaban J connectivity index is 1.46. The van der Waals surface area contributed by atoms with Crippen LogP contribution in [0.2, 0.25) is 5.02 Å². The van der Waals surface area contributed by atoms with Crippen molar-refractivity contribution in [2.45, 2.75) is 26.4 Å². The molecule has 4 aromatic carbocycles. The predicted molar refractivity (Wildman–Crippen MR) is 168 cm³/mol. The smallest absolute Gasteiger partial charge is 0.338 e. The Kier molecular flexibility index (Phi) is 8.87. The van der Waals surface area contributed by atoms with Gasteiger partial charge in [-0.05, 0) is 97.8 Å². The number of aromatic nitrogens is 2. The number of halogens is 1. The van der Waals surface area contributed by atoms with Crippen LogP contribution < -0.4 is 14.8 Å². The molecule has 1 heterocycles. The highest BCUT2D eigenvalue weighted by Gasteiger charge is 2.23. The van der Waals surface area contributed by atoms with Crippen LogP contribution in [0, 0.1) is 6.92 Å². The fourth-order valence-electron chi connectivity index (χ4n) is 4.49. The molecule has 0 aliphatic rings. The van der Waals surface area contributed by atoms with E-state index in [9.17, 15) is 9.59 Å². The molecule has 0 spiro atoms. The van der Waals surface area contributed by atoms with Gasteiger partial charge in [-0.25, -0.2) is 14.8 Å². The summed E-state index contributed by atoms with van der Waals surface area (Å²) < 4.78 is 16.3. The lowest BCUT2D eigenvalue weighted by molar-refractivity contribution is -0.124. The maximum absolute atomic E-state index is 13.2. The molecule has 43 heavy (non-hydrogen) atoms. The summed E-state index contributed by atoms with van der Waals surface area (Å²) in [5, 5.41) is 3.30. The van der Waals surface area contributed by atoms with Gasteiger partial charge < -0.3 is 19.5 Å².